The molecule has 1 atom stereocenters. The van der Waals surface area contributed by atoms with Gasteiger partial charge in [-0.2, -0.15) is 0 Å². The van der Waals surface area contributed by atoms with E-state index in [4.69, 9.17) is 0 Å². The number of rotatable bonds is 5. The Balaban J connectivity index is 1.98. The van der Waals surface area contributed by atoms with Crippen molar-refractivity contribution in [1.29, 1.82) is 0 Å². The molecule has 1 aromatic rings. The molecule has 6 heteroatoms. The monoisotopic (exact) mass is 315 g/mol. The summed E-state index contributed by atoms with van der Waals surface area (Å²) in [5, 5.41) is 10.1. The van der Waals surface area contributed by atoms with Crippen LogP contribution in [0.1, 0.15) is 37.7 Å². The first-order valence-corrected chi connectivity index (χ1v) is 8.82. The zero-order valence-corrected chi connectivity index (χ0v) is 13.0. The van der Waals surface area contributed by atoms with Crippen molar-refractivity contribution in [2.45, 2.75) is 50.0 Å². The summed E-state index contributed by atoms with van der Waals surface area (Å²) in [7, 11) is -3.71. The van der Waals surface area contributed by atoms with Crippen molar-refractivity contribution in [3.8, 4) is 0 Å². The number of aliphatic hydroxyl groups is 1. The van der Waals surface area contributed by atoms with E-state index in [2.05, 4.69) is 4.72 Å². The summed E-state index contributed by atoms with van der Waals surface area (Å²) in [4.78, 5) is 0.0252. The third kappa shape index (κ3) is 4.25. The molecule has 0 saturated heterocycles. The van der Waals surface area contributed by atoms with Crippen molar-refractivity contribution in [2.24, 2.45) is 5.92 Å². The van der Waals surface area contributed by atoms with E-state index in [1.54, 1.807) is 0 Å². The Labute approximate surface area is 125 Å². The first kappa shape index (κ1) is 16.4. The molecule has 0 radical (unpaired) electrons. The van der Waals surface area contributed by atoms with Crippen LogP contribution in [0.2, 0.25) is 0 Å². The van der Waals surface area contributed by atoms with Crippen LogP contribution in [-0.2, 0) is 10.0 Å². The van der Waals surface area contributed by atoms with E-state index in [-0.39, 0.29) is 22.9 Å². The van der Waals surface area contributed by atoms with Crippen LogP contribution in [0.4, 0.5) is 4.39 Å². The molecule has 1 fully saturated rings. The molecule has 2 N–H and O–H groups in total. The summed E-state index contributed by atoms with van der Waals surface area (Å²) in [5.41, 5.74) is 0.283. The summed E-state index contributed by atoms with van der Waals surface area (Å²) in [6, 6.07) is 3.67. The second-order valence-electron chi connectivity index (χ2n) is 5.73. The van der Waals surface area contributed by atoms with Gasteiger partial charge in [-0.15, -0.1) is 0 Å². The number of benzene rings is 1. The van der Waals surface area contributed by atoms with Gasteiger partial charge in [-0.3, -0.25) is 0 Å². The number of halogens is 1. The minimum absolute atomic E-state index is 0.00340. The molecule has 0 heterocycles. The SMILES string of the molecule is Cc1cc(S(=O)(=O)NC[C@H](O)C2CCCCC2)ccc1F. The zero-order chi connectivity index (χ0) is 15.5. The summed E-state index contributed by atoms with van der Waals surface area (Å²) in [6.45, 7) is 1.52. The molecule has 4 nitrogen and oxygen atoms in total. The van der Waals surface area contributed by atoms with Crippen LogP contribution >= 0.6 is 0 Å². The van der Waals surface area contributed by atoms with Gasteiger partial charge in [-0.25, -0.2) is 17.5 Å². The van der Waals surface area contributed by atoms with E-state index in [1.807, 2.05) is 0 Å². The second-order valence-corrected chi connectivity index (χ2v) is 7.50. The lowest BCUT2D eigenvalue weighted by Gasteiger charge is -2.26. The van der Waals surface area contributed by atoms with Gasteiger partial charge >= 0.3 is 0 Å². The number of aryl methyl sites for hydroxylation is 1. The quantitative estimate of drug-likeness (QED) is 0.876. The maximum absolute atomic E-state index is 13.2. The molecule has 0 aromatic heterocycles. The first-order valence-electron chi connectivity index (χ1n) is 7.34. The van der Waals surface area contributed by atoms with Crippen molar-refractivity contribution >= 4 is 10.0 Å². The Kier molecular flexibility index (Phi) is 5.35. The Hall–Kier alpha value is -0.980. The van der Waals surface area contributed by atoms with Gasteiger partial charge in [0.05, 0.1) is 11.0 Å². The van der Waals surface area contributed by atoms with Gasteiger partial charge in [0.2, 0.25) is 10.0 Å². The van der Waals surface area contributed by atoms with Gasteiger partial charge < -0.3 is 5.11 Å². The van der Waals surface area contributed by atoms with Crippen LogP contribution in [-0.4, -0.2) is 26.2 Å². The van der Waals surface area contributed by atoms with Crippen LogP contribution < -0.4 is 4.72 Å². The van der Waals surface area contributed by atoms with Crippen molar-refractivity contribution < 1.29 is 17.9 Å². The molecule has 0 amide bonds. The van der Waals surface area contributed by atoms with Gasteiger partial charge in [0.25, 0.3) is 0 Å². The molecule has 1 aromatic carbocycles. The predicted octanol–water partition coefficient (Wildman–Crippen LogP) is 2.35. The fourth-order valence-electron chi connectivity index (χ4n) is 2.75. The highest BCUT2D eigenvalue weighted by Crippen LogP contribution is 2.26. The molecule has 0 aliphatic heterocycles. The van der Waals surface area contributed by atoms with Crippen LogP contribution in [0.5, 0.6) is 0 Å². The topological polar surface area (TPSA) is 66.4 Å². The van der Waals surface area contributed by atoms with E-state index < -0.39 is 21.9 Å². The van der Waals surface area contributed by atoms with Gasteiger partial charge in [0.1, 0.15) is 5.82 Å². The minimum atomic E-state index is -3.71. The lowest BCUT2D eigenvalue weighted by atomic mass is 9.85. The lowest BCUT2D eigenvalue weighted by molar-refractivity contribution is 0.0888. The standard InChI is InChI=1S/C15H22FNO3S/c1-11-9-13(7-8-14(11)16)21(19,20)17-10-15(18)12-5-3-2-4-6-12/h7-9,12,15,17-18H,2-6,10H2,1H3/t15-/m0/s1. The Morgan fingerprint density at radius 1 is 1.33 bits per heavy atom. The smallest absolute Gasteiger partial charge is 0.240 e. The van der Waals surface area contributed by atoms with Gasteiger partial charge in [0, 0.05) is 6.54 Å². The summed E-state index contributed by atoms with van der Waals surface area (Å²) in [5.74, 6) is -0.271. The third-order valence-electron chi connectivity index (χ3n) is 4.12. The summed E-state index contributed by atoms with van der Waals surface area (Å²) in [6.07, 6.45) is 4.58. The normalized spacial score (nSPS) is 18.6. The van der Waals surface area contributed by atoms with Crippen LogP contribution in [0.25, 0.3) is 0 Å². The number of hydrogen-bond donors (Lipinski definition) is 2. The molecule has 2 rings (SSSR count). The fourth-order valence-corrected chi connectivity index (χ4v) is 3.88. The Bertz CT molecular complexity index is 583. The number of sulfonamides is 1. The highest BCUT2D eigenvalue weighted by atomic mass is 32.2. The molecule has 0 spiro atoms. The van der Waals surface area contributed by atoms with E-state index in [0.29, 0.717) is 0 Å². The molecule has 1 aliphatic rings. The zero-order valence-electron chi connectivity index (χ0n) is 12.2. The molecule has 0 bridgehead atoms. The molecular weight excluding hydrogens is 293 g/mol. The fraction of sp³-hybridized carbons (Fsp3) is 0.600. The first-order chi connectivity index (χ1) is 9.90. The largest absolute Gasteiger partial charge is 0.391 e. The van der Waals surface area contributed by atoms with E-state index in [0.717, 1.165) is 31.7 Å². The lowest BCUT2D eigenvalue weighted by Crippen LogP contribution is -2.37. The van der Waals surface area contributed by atoms with Crippen LogP contribution in [0.15, 0.2) is 23.1 Å². The molecule has 1 saturated carbocycles. The van der Waals surface area contributed by atoms with Gasteiger partial charge in [-0.1, -0.05) is 19.3 Å². The van der Waals surface area contributed by atoms with E-state index in [9.17, 15) is 17.9 Å². The Morgan fingerprint density at radius 2 is 2.00 bits per heavy atom. The molecule has 118 valence electrons. The van der Waals surface area contributed by atoms with Crippen LogP contribution in [0.3, 0.4) is 0 Å². The highest BCUT2D eigenvalue weighted by molar-refractivity contribution is 7.89. The predicted molar refractivity (Wildman–Crippen MR) is 78.9 cm³/mol. The maximum atomic E-state index is 13.2. The van der Waals surface area contributed by atoms with Crippen molar-refractivity contribution in [1.82, 2.24) is 4.72 Å². The van der Waals surface area contributed by atoms with Crippen molar-refractivity contribution in [3.63, 3.8) is 0 Å². The minimum Gasteiger partial charge on any atom is -0.391 e. The second kappa shape index (κ2) is 6.85. The van der Waals surface area contributed by atoms with E-state index in [1.165, 1.54) is 25.5 Å². The van der Waals surface area contributed by atoms with Crippen LogP contribution in [0, 0.1) is 18.7 Å². The van der Waals surface area contributed by atoms with Gasteiger partial charge in [-0.05, 0) is 49.4 Å². The average molecular weight is 315 g/mol. The Morgan fingerprint density at radius 3 is 2.62 bits per heavy atom. The molecular formula is C15H22FNO3S. The van der Waals surface area contributed by atoms with Crippen molar-refractivity contribution in [3.05, 3.63) is 29.6 Å². The molecule has 1 aliphatic carbocycles. The van der Waals surface area contributed by atoms with Crippen molar-refractivity contribution in [2.75, 3.05) is 6.54 Å². The summed E-state index contributed by atoms with van der Waals surface area (Å²) < 4.78 is 39.9. The highest BCUT2D eigenvalue weighted by Gasteiger charge is 2.24. The third-order valence-corrected chi connectivity index (χ3v) is 5.54. The number of nitrogens with one attached hydrogen (secondary N) is 1. The number of hydrogen-bond acceptors (Lipinski definition) is 3. The maximum Gasteiger partial charge on any atom is 0.240 e. The molecule has 0 unspecified atom stereocenters. The van der Waals surface area contributed by atoms with E-state index >= 15 is 0 Å². The molecule has 21 heavy (non-hydrogen) atoms. The number of aliphatic hydroxyl groups excluding tert-OH is 1. The van der Waals surface area contributed by atoms with Gasteiger partial charge in [0.15, 0.2) is 0 Å². The average Bonchev–Trinajstić information content (AvgIpc) is 2.48. The summed E-state index contributed by atoms with van der Waals surface area (Å²) >= 11 is 0.